The monoisotopic (exact) mass is 414 g/mol. The third-order valence-electron chi connectivity index (χ3n) is 6.36. The minimum absolute atomic E-state index is 0.110. The minimum Gasteiger partial charge on any atom is -0.323 e. The highest BCUT2D eigenvalue weighted by Crippen LogP contribution is 2.40. The number of amides is 3. The van der Waals surface area contributed by atoms with Crippen LogP contribution in [0.2, 0.25) is 0 Å². The van der Waals surface area contributed by atoms with Crippen LogP contribution in [0.3, 0.4) is 0 Å². The Hall–Kier alpha value is -3.10. The van der Waals surface area contributed by atoms with Gasteiger partial charge in [-0.05, 0) is 73.7 Å². The van der Waals surface area contributed by atoms with E-state index in [2.05, 4.69) is 29.4 Å². The first-order valence-corrected chi connectivity index (χ1v) is 11.1. The normalized spacial score (nSPS) is 23.7. The van der Waals surface area contributed by atoms with Gasteiger partial charge in [0.2, 0.25) is 0 Å². The summed E-state index contributed by atoms with van der Waals surface area (Å²) < 4.78 is 1.23. The van der Waals surface area contributed by atoms with Gasteiger partial charge in [-0.15, -0.1) is 17.8 Å². The summed E-state index contributed by atoms with van der Waals surface area (Å²) in [5.41, 5.74) is 0.801. The van der Waals surface area contributed by atoms with Crippen LogP contribution in [0.15, 0.2) is 54.6 Å². The number of rotatable bonds is 3. The van der Waals surface area contributed by atoms with Crippen molar-refractivity contribution in [1.82, 2.24) is 5.32 Å². The average molecular weight is 415 g/mol. The fourth-order valence-corrected chi connectivity index (χ4v) is 5.92. The standard InChI is InChI=1S/C25H22N2O2S/c1-2-17-8-9-19-16-21(30-22(19)15-17)14-18-10-12-25(13-11-18)23(28)27(24(29)26-25)20-6-4-3-5-7-20/h1,3-9,15-16,18H,10-14H2,(H,26,29). The summed E-state index contributed by atoms with van der Waals surface area (Å²) in [6.07, 6.45) is 9.76. The Morgan fingerprint density at radius 3 is 2.60 bits per heavy atom. The van der Waals surface area contributed by atoms with Gasteiger partial charge in [0.05, 0.1) is 5.69 Å². The Bertz CT molecular complexity index is 1170. The van der Waals surface area contributed by atoms with Crippen molar-refractivity contribution in [1.29, 1.82) is 0 Å². The van der Waals surface area contributed by atoms with E-state index in [-0.39, 0.29) is 11.9 Å². The molecule has 1 saturated heterocycles. The summed E-state index contributed by atoms with van der Waals surface area (Å²) in [7, 11) is 0. The van der Waals surface area contributed by atoms with Crippen LogP contribution < -0.4 is 10.2 Å². The van der Waals surface area contributed by atoms with E-state index in [0.717, 1.165) is 24.8 Å². The first kappa shape index (κ1) is 18.9. The van der Waals surface area contributed by atoms with Crippen molar-refractivity contribution >= 4 is 39.0 Å². The minimum atomic E-state index is -0.745. The largest absolute Gasteiger partial charge is 0.329 e. The van der Waals surface area contributed by atoms with E-state index < -0.39 is 5.54 Å². The smallest absolute Gasteiger partial charge is 0.323 e. The summed E-state index contributed by atoms with van der Waals surface area (Å²) in [5.74, 6) is 3.11. The maximum atomic E-state index is 13.2. The zero-order valence-electron chi connectivity index (χ0n) is 16.6. The van der Waals surface area contributed by atoms with Gasteiger partial charge in [0.25, 0.3) is 5.91 Å². The number of hydrogen-bond donors (Lipinski definition) is 1. The number of carbonyl (C=O) groups is 2. The van der Waals surface area contributed by atoms with Crippen molar-refractivity contribution in [3.8, 4) is 12.3 Å². The van der Waals surface area contributed by atoms with Gasteiger partial charge in [0.15, 0.2) is 0 Å². The number of thiophene rings is 1. The predicted molar refractivity (Wildman–Crippen MR) is 121 cm³/mol. The lowest BCUT2D eigenvalue weighted by Crippen LogP contribution is -2.49. The third kappa shape index (κ3) is 3.18. The number of anilines is 1. The lowest BCUT2D eigenvalue weighted by Gasteiger charge is -2.34. The van der Waals surface area contributed by atoms with Crippen LogP contribution in [0.5, 0.6) is 0 Å². The van der Waals surface area contributed by atoms with E-state index in [1.807, 2.05) is 24.3 Å². The molecule has 30 heavy (non-hydrogen) atoms. The highest BCUT2D eigenvalue weighted by atomic mass is 32.1. The highest BCUT2D eigenvalue weighted by molar-refractivity contribution is 7.19. The molecule has 3 aromatic rings. The highest BCUT2D eigenvalue weighted by Gasteiger charge is 2.52. The van der Waals surface area contributed by atoms with Gasteiger partial charge in [-0.3, -0.25) is 4.79 Å². The summed E-state index contributed by atoms with van der Waals surface area (Å²) >= 11 is 1.80. The molecule has 1 spiro atoms. The number of terminal acetylenes is 1. The van der Waals surface area contributed by atoms with Crippen molar-refractivity contribution in [2.75, 3.05) is 4.90 Å². The Kier molecular flexibility index (Phi) is 4.60. The molecule has 0 unspecified atom stereocenters. The Labute approximate surface area is 179 Å². The molecule has 5 rings (SSSR count). The molecule has 0 atom stereocenters. The van der Waals surface area contributed by atoms with Crippen molar-refractivity contribution in [3.05, 3.63) is 65.0 Å². The number of imide groups is 1. The molecule has 0 bridgehead atoms. The van der Waals surface area contributed by atoms with Crippen molar-refractivity contribution in [2.24, 2.45) is 5.92 Å². The molecular formula is C25H22N2O2S. The Morgan fingerprint density at radius 2 is 1.87 bits per heavy atom. The topological polar surface area (TPSA) is 49.4 Å². The average Bonchev–Trinajstić information content (AvgIpc) is 3.27. The first-order chi connectivity index (χ1) is 14.6. The van der Waals surface area contributed by atoms with E-state index in [4.69, 9.17) is 6.42 Å². The zero-order valence-corrected chi connectivity index (χ0v) is 17.4. The zero-order chi connectivity index (χ0) is 20.7. The molecule has 1 saturated carbocycles. The SMILES string of the molecule is C#Cc1ccc2cc(CC3CCC4(CC3)NC(=O)N(c3ccccc3)C4=O)sc2c1. The molecule has 2 fully saturated rings. The fourth-order valence-electron chi connectivity index (χ4n) is 4.71. The van der Waals surface area contributed by atoms with Crippen LogP contribution in [0.25, 0.3) is 10.1 Å². The molecule has 1 aliphatic carbocycles. The summed E-state index contributed by atoms with van der Waals surface area (Å²) in [5, 5.41) is 4.24. The van der Waals surface area contributed by atoms with Gasteiger partial charge in [-0.1, -0.05) is 30.2 Å². The molecule has 2 aliphatic rings. The number of nitrogens with one attached hydrogen (secondary N) is 1. The van der Waals surface area contributed by atoms with Crippen LogP contribution in [0.1, 0.15) is 36.1 Å². The molecule has 4 nitrogen and oxygen atoms in total. The Morgan fingerprint density at radius 1 is 1.10 bits per heavy atom. The summed E-state index contributed by atoms with van der Waals surface area (Å²) in [4.78, 5) is 28.4. The molecule has 2 heterocycles. The van der Waals surface area contributed by atoms with Gasteiger partial charge >= 0.3 is 6.03 Å². The maximum Gasteiger partial charge on any atom is 0.329 e. The molecule has 0 radical (unpaired) electrons. The number of hydrogen-bond acceptors (Lipinski definition) is 3. The molecule has 150 valence electrons. The van der Waals surface area contributed by atoms with Gasteiger partial charge in [-0.25, -0.2) is 9.69 Å². The predicted octanol–water partition coefficient (Wildman–Crippen LogP) is 5.11. The molecular weight excluding hydrogens is 392 g/mol. The second-order valence-corrected chi connectivity index (χ2v) is 9.41. The lowest BCUT2D eigenvalue weighted by atomic mass is 9.75. The molecule has 1 N–H and O–H groups in total. The number of benzene rings is 2. The lowest BCUT2D eigenvalue weighted by molar-refractivity contribution is -0.123. The number of para-hydroxylation sites is 1. The molecule has 5 heteroatoms. The fraction of sp³-hybridized carbons (Fsp3) is 0.280. The second kappa shape index (κ2) is 7.30. The molecule has 1 aromatic heterocycles. The van der Waals surface area contributed by atoms with Crippen molar-refractivity contribution < 1.29 is 9.59 Å². The second-order valence-electron chi connectivity index (χ2n) is 8.25. The maximum absolute atomic E-state index is 13.2. The van der Waals surface area contributed by atoms with Gasteiger partial charge in [-0.2, -0.15) is 0 Å². The van der Waals surface area contributed by atoms with Crippen LogP contribution >= 0.6 is 11.3 Å². The van der Waals surface area contributed by atoms with Crippen molar-refractivity contribution in [2.45, 2.75) is 37.6 Å². The van der Waals surface area contributed by atoms with Crippen LogP contribution in [-0.2, 0) is 11.2 Å². The van der Waals surface area contributed by atoms with E-state index in [9.17, 15) is 9.59 Å². The van der Waals surface area contributed by atoms with Crippen LogP contribution in [0, 0.1) is 18.3 Å². The van der Waals surface area contributed by atoms with E-state index in [1.165, 1.54) is 19.9 Å². The molecule has 2 aromatic carbocycles. The summed E-state index contributed by atoms with van der Waals surface area (Å²) in [6, 6.07) is 17.3. The number of urea groups is 1. The quantitative estimate of drug-likeness (QED) is 0.478. The van der Waals surface area contributed by atoms with Crippen LogP contribution in [-0.4, -0.2) is 17.5 Å². The van der Waals surface area contributed by atoms with Gasteiger partial charge in [0, 0.05) is 15.1 Å². The van der Waals surface area contributed by atoms with E-state index >= 15 is 0 Å². The number of fused-ring (bicyclic) bond motifs is 1. The first-order valence-electron chi connectivity index (χ1n) is 10.3. The molecule has 3 amide bonds. The van der Waals surface area contributed by atoms with Crippen molar-refractivity contribution in [3.63, 3.8) is 0 Å². The van der Waals surface area contributed by atoms with Gasteiger partial charge < -0.3 is 5.32 Å². The van der Waals surface area contributed by atoms with E-state index in [1.54, 1.807) is 23.5 Å². The number of carbonyl (C=O) groups excluding carboxylic acids is 2. The summed E-state index contributed by atoms with van der Waals surface area (Å²) in [6.45, 7) is 0. The van der Waals surface area contributed by atoms with Gasteiger partial charge in [0.1, 0.15) is 5.54 Å². The Balaban J connectivity index is 1.28. The molecule has 1 aliphatic heterocycles. The van der Waals surface area contributed by atoms with E-state index in [0.29, 0.717) is 24.4 Å². The number of nitrogens with zero attached hydrogens (tertiary/aromatic N) is 1. The van der Waals surface area contributed by atoms with Crippen LogP contribution in [0.4, 0.5) is 10.5 Å². The third-order valence-corrected chi connectivity index (χ3v) is 7.48.